The molecule has 0 bridgehead atoms. The molecule has 0 atom stereocenters. The van der Waals surface area contributed by atoms with Gasteiger partial charge in [-0.05, 0) is 50.2 Å². The largest absolute Gasteiger partial charge is 0.465 e. The van der Waals surface area contributed by atoms with Gasteiger partial charge in [0.05, 0.1) is 30.0 Å². The molecule has 0 fully saturated rings. The van der Waals surface area contributed by atoms with Crippen LogP contribution < -0.4 is 10.2 Å². The quantitative estimate of drug-likeness (QED) is 0.539. The van der Waals surface area contributed by atoms with Gasteiger partial charge in [-0.15, -0.1) is 0 Å². The van der Waals surface area contributed by atoms with Crippen LogP contribution >= 0.6 is 11.6 Å². The second-order valence-corrected chi connectivity index (χ2v) is 7.18. The van der Waals surface area contributed by atoms with Gasteiger partial charge in [-0.2, -0.15) is 0 Å². The minimum absolute atomic E-state index is 0.0467. The van der Waals surface area contributed by atoms with Crippen molar-refractivity contribution < 1.29 is 28.7 Å². The summed E-state index contributed by atoms with van der Waals surface area (Å²) in [6.45, 7) is 3.49. The smallest absolute Gasteiger partial charge is 0.339 e. The predicted molar refractivity (Wildman–Crippen MR) is 114 cm³/mol. The number of amides is 2. The minimum Gasteiger partial charge on any atom is -0.465 e. The lowest BCUT2D eigenvalue weighted by atomic mass is 10.1. The van der Waals surface area contributed by atoms with Gasteiger partial charge in [0.25, 0.3) is 11.8 Å². The molecule has 160 valence electrons. The van der Waals surface area contributed by atoms with Gasteiger partial charge in [0.15, 0.2) is 0 Å². The number of ether oxygens (including phenoxy) is 2. The third kappa shape index (κ3) is 4.44. The van der Waals surface area contributed by atoms with E-state index in [0.717, 1.165) is 4.90 Å². The first-order valence-electron chi connectivity index (χ1n) is 9.28. The minimum atomic E-state index is -0.775. The zero-order valence-electron chi connectivity index (χ0n) is 17.0. The summed E-state index contributed by atoms with van der Waals surface area (Å²) in [4.78, 5) is 50.5. The van der Waals surface area contributed by atoms with E-state index >= 15 is 0 Å². The molecule has 9 heteroatoms. The first-order valence-corrected chi connectivity index (χ1v) is 9.66. The molecule has 1 aliphatic heterocycles. The van der Waals surface area contributed by atoms with E-state index in [0.29, 0.717) is 11.3 Å². The summed E-state index contributed by atoms with van der Waals surface area (Å²) in [5.41, 5.74) is 0.723. The molecule has 31 heavy (non-hydrogen) atoms. The number of imide groups is 1. The second kappa shape index (κ2) is 9.01. The number of methoxy groups -OCH3 is 1. The van der Waals surface area contributed by atoms with E-state index in [4.69, 9.17) is 21.1 Å². The highest BCUT2D eigenvalue weighted by molar-refractivity contribution is 6.53. The van der Waals surface area contributed by atoms with Crippen molar-refractivity contribution in [2.24, 2.45) is 0 Å². The monoisotopic (exact) mass is 442 g/mol. The molecular formula is C22H19ClN2O6. The van der Waals surface area contributed by atoms with E-state index in [2.05, 4.69) is 5.32 Å². The molecule has 3 rings (SSSR count). The highest BCUT2D eigenvalue weighted by Gasteiger charge is 2.40. The molecule has 2 amide bonds. The van der Waals surface area contributed by atoms with E-state index in [9.17, 15) is 19.2 Å². The number of anilines is 2. The van der Waals surface area contributed by atoms with Crippen molar-refractivity contribution >= 4 is 46.7 Å². The Bertz CT molecular complexity index is 1090. The number of carbonyl (C=O) groups excluding carboxylic acids is 4. The highest BCUT2D eigenvalue weighted by atomic mass is 35.5. The summed E-state index contributed by atoms with van der Waals surface area (Å²) in [7, 11) is 1.20. The first-order chi connectivity index (χ1) is 14.7. The second-order valence-electron chi connectivity index (χ2n) is 6.80. The molecular weight excluding hydrogens is 424 g/mol. The Kier molecular flexibility index (Phi) is 6.41. The lowest BCUT2D eigenvalue weighted by Gasteiger charge is -2.18. The van der Waals surface area contributed by atoms with Gasteiger partial charge >= 0.3 is 11.9 Å². The zero-order valence-corrected chi connectivity index (χ0v) is 17.7. The first kappa shape index (κ1) is 22.0. The molecule has 8 nitrogen and oxygen atoms in total. The lowest BCUT2D eigenvalue weighted by molar-refractivity contribution is -0.120. The number of nitrogens with one attached hydrogen (secondary N) is 1. The van der Waals surface area contributed by atoms with Crippen molar-refractivity contribution in [2.75, 3.05) is 17.3 Å². The van der Waals surface area contributed by atoms with E-state index in [1.54, 1.807) is 38.1 Å². The van der Waals surface area contributed by atoms with Crippen molar-refractivity contribution in [2.45, 2.75) is 20.0 Å². The summed E-state index contributed by atoms with van der Waals surface area (Å²) in [6.07, 6.45) is -0.254. The van der Waals surface area contributed by atoms with Crippen molar-refractivity contribution in [1.29, 1.82) is 0 Å². The molecule has 0 saturated heterocycles. The van der Waals surface area contributed by atoms with Crippen molar-refractivity contribution in [3.05, 3.63) is 70.4 Å². The van der Waals surface area contributed by atoms with Crippen LogP contribution in [-0.2, 0) is 19.1 Å². The van der Waals surface area contributed by atoms with Crippen LogP contribution in [0.2, 0.25) is 0 Å². The standard InChI is InChI=1S/C22H19ClN2O6/c1-12(2)31-21(28)13-8-10-14(11-9-13)24-18-17(23)19(26)25(20(18)27)16-7-5-4-6-15(16)22(29)30-3/h4-12,24H,1-3H3. The van der Waals surface area contributed by atoms with Crippen molar-refractivity contribution in [1.82, 2.24) is 0 Å². The molecule has 1 aliphatic rings. The van der Waals surface area contributed by atoms with Crippen LogP contribution in [0.25, 0.3) is 0 Å². The maximum atomic E-state index is 13.0. The van der Waals surface area contributed by atoms with Gasteiger partial charge in [-0.25, -0.2) is 14.5 Å². The van der Waals surface area contributed by atoms with Crippen LogP contribution in [0.4, 0.5) is 11.4 Å². The van der Waals surface area contributed by atoms with E-state index < -0.39 is 23.8 Å². The van der Waals surface area contributed by atoms with E-state index in [-0.39, 0.29) is 28.1 Å². The molecule has 0 saturated carbocycles. The summed E-state index contributed by atoms with van der Waals surface area (Å²) in [6, 6.07) is 12.2. The number of carbonyl (C=O) groups is 4. The van der Waals surface area contributed by atoms with Gasteiger partial charge in [0.1, 0.15) is 10.7 Å². The Labute approximate surface area is 183 Å². The van der Waals surface area contributed by atoms with Gasteiger partial charge in [0, 0.05) is 5.69 Å². The van der Waals surface area contributed by atoms with Gasteiger partial charge in [-0.3, -0.25) is 9.59 Å². The molecule has 2 aromatic carbocycles. The molecule has 1 N–H and O–H groups in total. The predicted octanol–water partition coefficient (Wildman–Crippen LogP) is 3.47. The maximum absolute atomic E-state index is 13.0. The third-order valence-corrected chi connectivity index (χ3v) is 4.66. The fourth-order valence-electron chi connectivity index (χ4n) is 2.90. The number of halogens is 1. The number of hydrogen-bond donors (Lipinski definition) is 1. The van der Waals surface area contributed by atoms with Gasteiger partial charge in [-0.1, -0.05) is 23.7 Å². The summed E-state index contributed by atoms with van der Waals surface area (Å²) >= 11 is 6.14. The number of rotatable bonds is 6. The fourth-order valence-corrected chi connectivity index (χ4v) is 3.11. The van der Waals surface area contributed by atoms with Crippen LogP contribution in [-0.4, -0.2) is 37.0 Å². The Morgan fingerprint density at radius 3 is 2.23 bits per heavy atom. The number of para-hydroxylation sites is 1. The van der Waals surface area contributed by atoms with Crippen LogP contribution in [0.15, 0.2) is 59.3 Å². The van der Waals surface area contributed by atoms with Crippen molar-refractivity contribution in [3.8, 4) is 0 Å². The van der Waals surface area contributed by atoms with Crippen LogP contribution in [0, 0.1) is 0 Å². The Morgan fingerprint density at radius 1 is 0.968 bits per heavy atom. The maximum Gasteiger partial charge on any atom is 0.339 e. The fraction of sp³-hybridized carbons (Fsp3) is 0.182. The summed E-state index contributed by atoms with van der Waals surface area (Å²) in [5, 5.41) is 2.48. The Morgan fingerprint density at radius 2 is 1.61 bits per heavy atom. The molecule has 1 heterocycles. The average Bonchev–Trinajstić information content (AvgIpc) is 2.96. The number of nitrogens with zero attached hydrogens (tertiary/aromatic N) is 1. The molecule has 2 aromatic rings. The van der Waals surface area contributed by atoms with E-state index in [1.165, 1.54) is 31.4 Å². The number of benzene rings is 2. The summed E-state index contributed by atoms with van der Waals surface area (Å²) < 4.78 is 9.85. The molecule has 0 aromatic heterocycles. The highest BCUT2D eigenvalue weighted by Crippen LogP contribution is 2.32. The SMILES string of the molecule is COC(=O)c1ccccc1N1C(=O)C(Cl)=C(Nc2ccc(C(=O)OC(C)C)cc2)C1=O. The van der Waals surface area contributed by atoms with Crippen molar-refractivity contribution in [3.63, 3.8) is 0 Å². The third-order valence-electron chi connectivity index (χ3n) is 4.31. The molecule has 0 radical (unpaired) electrons. The van der Waals surface area contributed by atoms with Gasteiger partial charge in [0.2, 0.25) is 0 Å². The average molecular weight is 443 g/mol. The normalized spacial score (nSPS) is 13.6. The van der Waals surface area contributed by atoms with Gasteiger partial charge < -0.3 is 14.8 Å². The number of esters is 2. The summed E-state index contributed by atoms with van der Waals surface area (Å²) in [5.74, 6) is -2.67. The zero-order chi connectivity index (χ0) is 22.7. The Balaban J connectivity index is 1.85. The topological polar surface area (TPSA) is 102 Å². The lowest BCUT2D eigenvalue weighted by Crippen LogP contribution is -2.33. The molecule has 0 unspecified atom stereocenters. The van der Waals surface area contributed by atoms with Crippen LogP contribution in [0.1, 0.15) is 34.6 Å². The number of hydrogen-bond acceptors (Lipinski definition) is 7. The van der Waals surface area contributed by atoms with Crippen LogP contribution in [0.3, 0.4) is 0 Å². The van der Waals surface area contributed by atoms with E-state index in [1.807, 2.05) is 0 Å². The molecule has 0 aliphatic carbocycles. The Hall–Kier alpha value is -3.65. The molecule has 0 spiro atoms. The van der Waals surface area contributed by atoms with Crippen LogP contribution in [0.5, 0.6) is 0 Å².